The summed E-state index contributed by atoms with van der Waals surface area (Å²) in [4.78, 5) is 12.6. The molecule has 0 bridgehead atoms. The van der Waals surface area contributed by atoms with Crippen LogP contribution in [0.1, 0.15) is 25.7 Å². The van der Waals surface area contributed by atoms with Crippen molar-refractivity contribution in [3.05, 3.63) is 30.1 Å². The van der Waals surface area contributed by atoms with Crippen molar-refractivity contribution in [1.82, 2.24) is 5.32 Å². The molecule has 1 aromatic rings. The van der Waals surface area contributed by atoms with E-state index in [0.29, 0.717) is 18.2 Å². The van der Waals surface area contributed by atoms with Crippen molar-refractivity contribution in [2.75, 3.05) is 12.3 Å². The lowest BCUT2D eigenvalue weighted by Crippen LogP contribution is -2.33. The van der Waals surface area contributed by atoms with Gasteiger partial charge in [0.15, 0.2) is 0 Å². The molecule has 5 heteroatoms. The summed E-state index contributed by atoms with van der Waals surface area (Å²) >= 11 is 1.41. The summed E-state index contributed by atoms with van der Waals surface area (Å²) in [5, 5.41) is 12.4. The molecule has 1 fully saturated rings. The highest BCUT2D eigenvalue weighted by atomic mass is 32.2. The zero-order valence-electron chi connectivity index (χ0n) is 11.3. The molecule has 1 aromatic carbocycles. The molecule has 3 nitrogen and oxygen atoms in total. The van der Waals surface area contributed by atoms with Crippen molar-refractivity contribution in [1.29, 1.82) is 0 Å². The Bertz CT molecular complexity index is 430. The third kappa shape index (κ3) is 5.13. The van der Waals surface area contributed by atoms with Crippen molar-refractivity contribution in [3.63, 3.8) is 0 Å². The fraction of sp³-hybridized carbons (Fsp3) is 0.533. The highest BCUT2D eigenvalue weighted by Gasteiger charge is 2.19. The number of rotatable bonds is 5. The highest BCUT2D eigenvalue weighted by molar-refractivity contribution is 8.00. The monoisotopic (exact) mass is 297 g/mol. The summed E-state index contributed by atoms with van der Waals surface area (Å²) in [6, 6.07) is 6.15. The van der Waals surface area contributed by atoms with Crippen LogP contribution in [0.25, 0.3) is 0 Å². The maximum Gasteiger partial charge on any atom is 0.230 e. The highest BCUT2D eigenvalue weighted by Crippen LogP contribution is 2.23. The van der Waals surface area contributed by atoms with Gasteiger partial charge in [0, 0.05) is 11.4 Å². The number of halogens is 1. The van der Waals surface area contributed by atoms with Crippen LogP contribution in [0.2, 0.25) is 0 Å². The third-order valence-corrected chi connectivity index (χ3v) is 4.60. The van der Waals surface area contributed by atoms with Crippen molar-refractivity contribution >= 4 is 17.7 Å². The van der Waals surface area contributed by atoms with Crippen molar-refractivity contribution < 1.29 is 14.3 Å². The van der Waals surface area contributed by atoms with E-state index in [1.807, 2.05) is 0 Å². The van der Waals surface area contributed by atoms with Crippen LogP contribution < -0.4 is 5.32 Å². The van der Waals surface area contributed by atoms with Crippen molar-refractivity contribution in [3.8, 4) is 0 Å². The molecule has 0 saturated heterocycles. The van der Waals surface area contributed by atoms with Crippen LogP contribution in [0.4, 0.5) is 4.39 Å². The topological polar surface area (TPSA) is 49.3 Å². The lowest BCUT2D eigenvalue weighted by atomic mass is 9.87. The summed E-state index contributed by atoms with van der Waals surface area (Å²) in [5.41, 5.74) is 0. The molecule has 0 aliphatic heterocycles. The van der Waals surface area contributed by atoms with Crippen molar-refractivity contribution in [2.45, 2.75) is 36.7 Å². The minimum Gasteiger partial charge on any atom is -0.393 e. The molecule has 0 aromatic heterocycles. The largest absolute Gasteiger partial charge is 0.393 e. The lowest BCUT2D eigenvalue weighted by molar-refractivity contribution is -0.118. The van der Waals surface area contributed by atoms with Crippen LogP contribution in [0.15, 0.2) is 29.2 Å². The molecule has 20 heavy (non-hydrogen) atoms. The molecule has 110 valence electrons. The number of aliphatic hydroxyl groups excluding tert-OH is 1. The van der Waals surface area contributed by atoms with Gasteiger partial charge in [-0.1, -0.05) is 0 Å². The maximum atomic E-state index is 12.7. The number of nitrogens with one attached hydrogen (secondary N) is 1. The van der Waals surface area contributed by atoms with Gasteiger partial charge in [0.1, 0.15) is 5.82 Å². The van der Waals surface area contributed by atoms with Gasteiger partial charge >= 0.3 is 0 Å². The zero-order chi connectivity index (χ0) is 14.4. The quantitative estimate of drug-likeness (QED) is 0.821. The summed E-state index contributed by atoms with van der Waals surface area (Å²) < 4.78 is 12.7. The van der Waals surface area contributed by atoms with Gasteiger partial charge in [0.05, 0.1) is 11.9 Å². The Morgan fingerprint density at radius 1 is 1.25 bits per heavy atom. The van der Waals surface area contributed by atoms with Gasteiger partial charge in [0.25, 0.3) is 0 Å². The van der Waals surface area contributed by atoms with Gasteiger partial charge < -0.3 is 10.4 Å². The summed E-state index contributed by atoms with van der Waals surface area (Å²) in [7, 11) is 0. The molecule has 2 rings (SSSR count). The van der Waals surface area contributed by atoms with Gasteiger partial charge in [-0.15, -0.1) is 11.8 Å². The number of amides is 1. The van der Waals surface area contributed by atoms with E-state index in [1.165, 1.54) is 23.9 Å². The third-order valence-electron chi connectivity index (χ3n) is 3.59. The van der Waals surface area contributed by atoms with E-state index in [-0.39, 0.29) is 17.8 Å². The zero-order valence-corrected chi connectivity index (χ0v) is 12.2. The second-order valence-corrected chi connectivity index (χ2v) is 6.27. The van der Waals surface area contributed by atoms with Crippen LogP contribution in [-0.2, 0) is 4.79 Å². The number of carbonyl (C=O) groups excluding carboxylic acids is 1. The number of hydrogen-bond donors (Lipinski definition) is 2. The summed E-state index contributed by atoms with van der Waals surface area (Å²) in [6.45, 7) is 0.690. The van der Waals surface area contributed by atoms with E-state index in [4.69, 9.17) is 0 Å². The van der Waals surface area contributed by atoms with E-state index in [1.54, 1.807) is 12.1 Å². The van der Waals surface area contributed by atoms with Gasteiger partial charge in [0.2, 0.25) is 5.91 Å². The second kappa shape index (κ2) is 7.64. The average molecular weight is 297 g/mol. The second-order valence-electron chi connectivity index (χ2n) is 5.22. The SMILES string of the molecule is O=C(CSc1ccc(F)cc1)NCC1CCC(O)CC1. The lowest BCUT2D eigenvalue weighted by Gasteiger charge is -2.25. The molecule has 0 heterocycles. The first-order valence-corrected chi connectivity index (χ1v) is 7.95. The van der Waals surface area contributed by atoms with E-state index < -0.39 is 0 Å². The number of carbonyl (C=O) groups is 1. The molecule has 1 saturated carbocycles. The fourth-order valence-corrected chi connectivity index (χ4v) is 3.07. The van der Waals surface area contributed by atoms with Gasteiger partial charge in [-0.3, -0.25) is 4.79 Å². The Kier molecular flexibility index (Phi) is 5.86. The first-order valence-electron chi connectivity index (χ1n) is 6.96. The number of benzene rings is 1. The number of hydrogen-bond acceptors (Lipinski definition) is 3. The minimum atomic E-state index is -0.265. The van der Waals surface area contributed by atoms with E-state index in [9.17, 15) is 14.3 Å². The predicted molar refractivity (Wildman–Crippen MR) is 78.1 cm³/mol. The molecule has 0 radical (unpaired) electrons. The van der Waals surface area contributed by atoms with Crippen LogP contribution >= 0.6 is 11.8 Å². The molecular weight excluding hydrogens is 277 g/mol. The first kappa shape index (κ1) is 15.3. The minimum absolute atomic E-state index is 0.00504. The number of thioether (sulfide) groups is 1. The Morgan fingerprint density at radius 2 is 1.90 bits per heavy atom. The smallest absolute Gasteiger partial charge is 0.230 e. The van der Waals surface area contributed by atoms with Gasteiger partial charge in [-0.25, -0.2) is 4.39 Å². The molecule has 0 unspecified atom stereocenters. The van der Waals surface area contributed by atoms with Gasteiger partial charge in [-0.2, -0.15) is 0 Å². The standard InChI is InChI=1S/C15H20FNO2S/c16-12-3-7-14(8-4-12)20-10-15(19)17-9-11-1-5-13(18)6-2-11/h3-4,7-8,11,13,18H,1-2,5-6,9-10H2,(H,17,19). The van der Waals surface area contributed by atoms with E-state index >= 15 is 0 Å². The maximum absolute atomic E-state index is 12.7. The summed E-state index contributed by atoms with van der Waals surface area (Å²) in [6.07, 6.45) is 3.48. The Labute approximate surface area is 123 Å². The molecular formula is C15H20FNO2S. The molecule has 0 spiro atoms. The Hall–Kier alpha value is -1.07. The molecule has 1 aliphatic rings. The fourth-order valence-electron chi connectivity index (χ4n) is 2.34. The summed E-state index contributed by atoms with van der Waals surface area (Å²) in [5.74, 6) is 0.572. The first-order chi connectivity index (χ1) is 9.63. The van der Waals surface area contributed by atoms with Crippen LogP contribution in [0.3, 0.4) is 0 Å². The van der Waals surface area contributed by atoms with Crippen LogP contribution in [0.5, 0.6) is 0 Å². The normalized spacial score (nSPS) is 22.5. The molecule has 2 N–H and O–H groups in total. The Morgan fingerprint density at radius 3 is 2.55 bits per heavy atom. The van der Waals surface area contributed by atoms with Gasteiger partial charge in [-0.05, 0) is 55.9 Å². The molecule has 0 atom stereocenters. The van der Waals surface area contributed by atoms with Crippen LogP contribution in [0, 0.1) is 11.7 Å². The molecule has 1 amide bonds. The van der Waals surface area contributed by atoms with E-state index in [2.05, 4.69) is 5.32 Å². The Balaban J connectivity index is 1.64. The van der Waals surface area contributed by atoms with Crippen molar-refractivity contribution in [2.24, 2.45) is 5.92 Å². The van der Waals surface area contributed by atoms with Crippen LogP contribution in [-0.4, -0.2) is 29.4 Å². The predicted octanol–water partition coefficient (Wildman–Crippen LogP) is 2.59. The average Bonchev–Trinajstić information content (AvgIpc) is 2.46. The number of aliphatic hydroxyl groups is 1. The molecule has 1 aliphatic carbocycles. The van der Waals surface area contributed by atoms with E-state index in [0.717, 1.165) is 30.6 Å².